The van der Waals surface area contributed by atoms with Crippen LogP contribution in [-0.4, -0.2) is 5.11 Å². The van der Waals surface area contributed by atoms with Gasteiger partial charge in [0, 0.05) is 4.48 Å². The van der Waals surface area contributed by atoms with Gasteiger partial charge in [0.15, 0.2) is 0 Å². The standard InChI is InChI=1S/C7H9BrO/c1-3-6(8)5-7(9)4-2/h3-5,9H,2H2,1H3/b6-3+,7-5+. The van der Waals surface area contributed by atoms with E-state index in [4.69, 9.17) is 5.11 Å². The highest BCUT2D eigenvalue weighted by atomic mass is 79.9. The molecule has 9 heavy (non-hydrogen) atoms. The zero-order valence-electron chi connectivity index (χ0n) is 5.26. The van der Waals surface area contributed by atoms with E-state index >= 15 is 0 Å². The molecule has 50 valence electrons. The molecule has 0 radical (unpaired) electrons. The minimum Gasteiger partial charge on any atom is -0.508 e. The van der Waals surface area contributed by atoms with Crippen LogP contribution in [-0.2, 0) is 0 Å². The monoisotopic (exact) mass is 188 g/mol. The van der Waals surface area contributed by atoms with Crippen LogP contribution in [0.2, 0.25) is 0 Å². The zero-order chi connectivity index (χ0) is 7.28. The first-order chi connectivity index (χ1) is 4.20. The lowest BCUT2D eigenvalue weighted by molar-refractivity contribution is 0.433. The number of rotatable bonds is 2. The second kappa shape index (κ2) is 4.39. The quantitative estimate of drug-likeness (QED) is 0.523. The molecule has 0 aromatic heterocycles. The van der Waals surface area contributed by atoms with Crippen molar-refractivity contribution in [2.45, 2.75) is 6.92 Å². The van der Waals surface area contributed by atoms with Gasteiger partial charge in [0.05, 0.1) is 0 Å². The maximum atomic E-state index is 8.83. The molecule has 0 bridgehead atoms. The topological polar surface area (TPSA) is 20.2 Å². The third kappa shape index (κ3) is 4.03. The van der Waals surface area contributed by atoms with Crippen molar-refractivity contribution in [3.63, 3.8) is 0 Å². The van der Waals surface area contributed by atoms with Gasteiger partial charge >= 0.3 is 0 Å². The molecule has 0 atom stereocenters. The molecule has 0 amide bonds. The van der Waals surface area contributed by atoms with Gasteiger partial charge in [-0.3, -0.25) is 0 Å². The number of allylic oxidation sites excluding steroid dienone is 4. The Morgan fingerprint density at radius 2 is 2.22 bits per heavy atom. The number of aliphatic hydroxyl groups is 1. The fraction of sp³-hybridized carbons (Fsp3) is 0.143. The Morgan fingerprint density at radius 3 is 2.56 bits per heavy atom. The molecule has 0 rings (SSSR count). The van der Waals surface area contributed by atoms with Crippen molar-refractivity contribution < 1.29 is 5.11 Å². The average molecular weight is 189 g/mol. The molecule has 1 nitrogen and oxygen atoms in total. The van der Waals surface area contributed by atoms with Gasteiger partial charge < -0.3 is 5.11 Å². The Hall–Kier alpha value is -0.500. The number of hydrogen-bond acceptors (Lipinski definition) is 1. The Morgan fingerprint density at radius 1 is 1.67 bits per heavy atom. The Bertz CT molecular complexity index is 156. The summed E-state index contributed by atoms with van der Waals surface area (Å²) in [7, 11) is 0. The van der Waals surface area contributed by atoms with E-state index < -0.39 is 0 Å². The SMILES string of the molecule is C=C/C(O)=C\C(Br)=C/C. The van der Waals surface area contributed by atoms with E-state index in [0.717, 1.165) is 4.48 Å². The molecule has 0 saturated carbocycles. The molecule has 0 fully saturated rings. The van der Waals surface area contributed by atoms with Crippen molar-refractivity contribution in [3.8, 4) is 0 Å². The smallest absolute Gasteiger partial charge is 0.116 e. The van der Waals surface area contributed by atoms with Crippen molar-refractivity contribution in [3.05, 3.63) is 35.0 Å². The van der Waals surface area contributed by atoms with Crippen LogP contribution in [0.3, 0.4) is 0 Å². The average Bonchev–Trinajstić information content (AvgIpc) is 1.87. The van der Waals surface area contributed by atoms with Crippen LogP contribution in [0.25, 0.3) is 0 Å². The molecule has 0 unspecified atom stereocenters. The van der Waals surface area contributed by atoms with E-state index in [9.17, 15) is 0 Å². The Kier molecular flexibility index (Phi) is 4.14. The summed E-state index contributed by atoms with van der Waals surface area (Å²) in [5.74, 6) is 0.167. The first-order valence-corrected chi connectivity index (χ1v) is 3.35. The van der Waals surface area contributed by atoms with Crippen LogP contribution >= 0.6 is 15.9 Å². The van der Waals surface area contributed by atoms with Gasteiger partial charge in [-0.1, -0.05) is 28.6 Å². The molecule has 0 aromatic rings. The van der Waals surface area contributed by atoms with Crippen LogP contribution in [0.4, 0.5) is 0 Å². The van der Waals surface area contributed by atoms with Crippen LogP contribution in [0, 0.1) is 0 Å². The predicted molar refractivity (Wildman–Crippen MR) is 43.6 cm³/mol. The minimum absolute atomic E-state index is 0.167. The van der Waals surface area contributed by atoms with Crippen molar-refractivity contribution in [2.75, 3.05) is 0 Å². The lowest BCUT2D eigenvalue weighted by Gasteiger charge is -1.87. The van der Waals surface area contributed by atoms with Crippen LogP contribution in [0.5, 0.6) is 0 Å². The van der Waals surface area contributed by atoms with Gasteiger partial charge in [-0.15, -0.1) is 0 Å². The number of aliphatic hydroxyl groups excluding tert-OH is 1. The molecule has 0 aliphatic heterocycles. The summed E-state index contributed by atoms with van der Waals surface area (Å²) < 4.78 is 0.847. The summed E-state index contributed by atoms with van der Waals surface area (Å²) in [6.07, 6.45) is 4.79. The Balaban J connectivity index is 4.11. The largest absolute Gasteiger partial charge is 0.508 e. The number of hydrogen-bond donors (Lipinski definition) is 1. The fourth-order valence-corrected chi connectivity index (χ4v) is 0.518. The maximum Gasteiger partial charge on any atom is 0.116 e. The van der Waals surface area contributed by atoms with Gasteiger partial charge in [0.25, 0.3) is 0 Å². The lowest BCUT2D eigenvalue weighted by Crippen LogP contribution is -1.71. The van der Waals surface area contributed by atoms with Gasteiger partial charge in [0.1, 0.15) is 5.76 Å². The fourth-order valence-electron chi connectivity index (χ4n) is 0.284. The third-order valence-corrected chi connectivity index (χ3v) is 1.46. The summed E-state index contributed by atoms with van der Waals surface area (Å²) in [5.41, 5.74) is 0. The van der Waals surface area contributed by atoms with E-state index in [1.165, 1.54) is 6.08 Å². The van der Waals surface area contributed by atoms with Gasteiger partial charge in [0.2, 0.25) is 0 Å². The molecule has 0 aliphatic rings. The van der Waals surface area contributed by atoms with E-state index in [1.54, 1.807) is 6.08 Å². The van der Waals surface area contributed by atoms with Crippen molar-refractivity contribution in [1.29, 1.82) is 0 Å². The highest BCUT2D eigenvalue weighted by Gasteiger charge is 1.84. The number of halogens is 1. The molecule has 0 heterocycles. The molecular weight excluding hydrogens is 180 g/mol. The molecule has 1 N–H and O–H groups in total. The van der Waals surface area contributed by atoms with Gasteiger partial charge in [-0.05, 0) is 19.1 Å². The Labute approximate surface area is 63.5 Å². The highest BCUT2D eigenvalue weighted by Crippen LogP contribution is 2.07. The first kappa shape index (κ1) is 8.50. The zero-order valence-corrected chi connectivity index (χ0v) is 6.85. The van der Waals surface area contributed by atoms with Gasteiger partial charge in [-0.2, -0.15) is 0 Å². The van der Waals surface area contributed by atoms with Gasteiger partial charge in [-0.25, -0.2) is 0 Å². The normalized spacial score (nSPS) is 13.6. The summed E-state index contributed by atoms with van der Waals surface area (Å²) in [4.78, 5) is 0. The molecule has 0 aliphatic carbocycles. The maximum absolute atomic E-state index is 8.83. The van der Waals surface area contributed by atoms with Crippen molar-refractivity contribution in [2.24, 2.45) is 0 Å². The minimum atomic E-state index is 0.167. The molecule has 0 spiro atoms. The van der Waals surface area contributed by atoms with Crippen LogP contribution in [0.1, 0.15) is 6.92 Å². The summed E-state index contributed by atoms with van der Waals surface area (Å²) >= 11 is 3.20. The highest BCUT2D eigenvalue weighted by molar-refractivity contribution is 9.11. The predicted octanol–water partition coefficient (Wildman–Crippen LogP) is 2.91. The van der Waals surface area contributed by atoms with E-state index in [0.29, 0.717) is 0 Å². The van der Waals surface area contributed by atoms with E-state index in [-0.39, 0.29) is 5.76 Å². The van der Waals surface area contributed by atoms with Crippen molar-refractivity contribution >= 4 is 15.9 Å². The summed E-state index contributed by atoms with van der Waals surface area (Å²) in [6, 6.07) is 0. The second-order valence-corrected chi connectivity index (χ2v) is 2.36. The molecule has 2 heteroatoms. The summed E-state index contributed by atoms with van der Waals surface area (Å²) in [5, 5.41) is 8.83. The molecular formula is C7H9BrO. The molecule has 0 saturated heterocycles. The van der Waals surface area contributed by atoms with E-state index in [1.807, 2.05) is 13.0 Å². The van der Waals surface area contributed by atoms with Crippen LogP contribution in [0.15, 0.2) is 35.0 Å². The summed E-state index contributed by atoms with van der Waals surface area (Å²) in [6.45, 7) is 5.25. The molecule has 0 aromatic carbocycles. The van der Waals surface area contributed by atoms with Crippen molar-refractivity contribution in [1.82, 2.24) is 0 Å². The van der Waals surface area contributed by atoms with Crippen LogP contribution < -0.4 is 0 Å². The third-order valence-electron chi connectivity index (χ3n) is 0.771. The first-order valence-electron chi connectivity index (χ1n) is 2.55. The lowest BCUT2D eigenvalue weighted by atomic mass is 10.4. The van der Waals surface area contributed by atoms with E-state index in [2.05, 4.69) is 22.5 Å². The second-order valence-electron chi connectivity index (χ2n) is 1.45.